The van der Waals surface area contributed by atoms with E-state index in [4.69, 9.17) is 10.5 Å². The fourth-order valence-electron chi connectivity index (χ4n) is 3.88. The van der Waals surface area contributed by atoms with Crippen molar-refractivity contribution in [3.05, 3.63) is 0 Å². The van der Waals surface area contributed by atoms with Gasteiger partial charge in [0.05, 0.1) is 11.5 Å². The van der Waals surface area contributed by atoms with Crippen molar-refractivity contribution in [2.75, 3.05) is 26.7 Å². The summed E-state index contributed by atoms with van der Waals surface area (Å²) in [5.74, 6) is -0.0358. The van der Waals surface area contributed by atoms with Gasteiger partial charge < -0.3 is 20.7 Å². The molecule has 2 rings (SSSR count). The second kappa shape index (κ2) is 6.07. The SMILES string of the molecule is COC(CNC(=O)N1C[C@@H]2CCC[C@]2(C(N)=O)C1)C(C)(C)C. The molecule has 3 N–H and O–H groups in total. The molecule has 1 aliphatic heterocycles. The highest BCUT2D eigenvalue weighted by Crippen LogP contribution is 2.48. The van der Waals surface area contributed by atoms with Gasteiger partial charge in [0.2, 0.25) is 5.91 Å². The Hall–Kier alpha value is -1.30. The van der Waals surface area contributed by atoms with Gasteiger partial charge in [-0.25, -0.2) is 4.79 Å². The Labute approximate surface area is 132 Å². The summed E-state index contributed by atoms with van der Waals surface area (Å²) in [5.41, 5.74) is 5.08. The molecule has 0 aromatic rings. The summed E-state index contributed by atoms with van der Waals surface area (Å²) in [4.78, 5) is 26.0. The standard InChI is InChI=1S/C16H29N3O3/c1-15(2,3)12(22-4)8-18-14(21)19-9-11-6-5-7-16(11,10-19)13(17)20/h11-12H,5-10H2,1-4H3,(H2,17,20)(H,18,21)/t11-,12?,16-/m0/s1. The number of ether oxygens (including phenoxy) is 1. The number of urea groups is 1. The molecule has 0 aromatic heterocycles. The minimum atomic E-state index is -0.498. The van der Waals surface area contributed by atoms with Crippen LogP contribution in [0.25, 0.3) is 0 Å². The lowest BCUT2D eigenvalue weighted by Crippen LogP contribution is -2.47. The largest absolute Gasteiger partial charge is 0.379 e. The number of hydrogen-bond acceptors (Lipinski definition) is 3. The summed E-state index contributed by atoms with van der Waals surface area (Å²) >= 11 is 0. The number of primary amides is 1. The number of nitrogens with zero attached hydrogens (tertiary/aromatic N) is 1. The molecule has 6 heteroatoms. The van der Waals surface area contributed by atoms with Crippen LogP contribution in [0.4, 0.5) is 4.79 Å². The summed E-state index contributed by atoms with van der Waals surface area (Å²) in [5, 5.41) is 2.94. The monoisotopic (exact) mass is 311 g/mol. The lowest BCUT2D eigenvalue weighted by Gasteiger charge is -2.30. The zero-order valence-electron chi connectivity index (χ0n) is 14.1. The summed E-state index contributed by atoms with van der Waals surface area (Å²) in [6.07, 6.45) is 2.76. The number of nitrogens with one attached hydrogen (secondary N) is 1. The number of rotatable bonds is 4. The smallest absolute Gasteiger partial charge is 0.317 e. The molecule has 2 fully saturated rings. The van der Waals surface area contributed by atoms with E-state index in [1.54, 1.807) is 12.0 Å². The van der Waals surface area contributed by atoms with Crippen molar-refractivity contribution >= 4 is 11.9 Å². The average molecular weight is 311 g/mol. The third-order valence-corrected chi connectivity index (χ3v) is 5.34. The van der Waals surface area contributed by atoms with Crippen LogP contribution < -0.4 is 11.1 Å². The fourth-order valence-corrected chi connectivity index (χ4v) is 3.88. The maximum Gasteiger partial charge on any atom is 0.317 e. The second-order valence-electron chi connectivity index (χ2n) is 7.77. The van der Waals surface area contributed by atoms with Gasteiger partial charge in [-0.1, -0.05) is 27.2 Å². The Bertz CT molecular complexity index is 446. The van der Waals surface area contributed by atoms with Crippen LogP contribution in [0.1, 0.15) is 40.0 Å². The van der Waals surface area contributed by atoms with Gasteiger partial charge in [0.25, 0.3) is 0 Å². The summed E-state index contributed by atoms with van der Waals surface area (Å²) in [6.45, 7) is 7.78. The Balaban J connectivity index is 1.94. The molecule has 0 spiro atoms. The van der Waals surface area contributed by atoms with Crippen LogP contribution in [0.5, 0.6) is 0 Å². The van der Waals surface area contributed by atoms with E-state index in [0.717, 1.165) is 19.3 Å². The molecule has 2 aliphatic rings. The number of carbonyl (C=O) groups excluding carboxylic acids is 2. The van der Waals surface area contributed by atoms with Gasteiger partial charge in [-0.05, 0) is 24.2 Å². The van der Waals surface area contributed by atoms with Crippen molar-refractivity contribution in [2.45, 2.75) is 46.1 Å². The van der Waals surface area contributed by atoms with Crippen molar-refractivity contribution in [3.63, 3.8) is 0 Å². The molecule has 126 valence electrons. The Kier molecular flexibility index (Phi) is 4.70. The third-order valence-electron chi connectivity index (χ3n) is 5.34. The molecule has 1 saturated heterocycles. The van der Waals surface area contributed by atoms with Gasteiger partial charge in [0.15, 0.2) is 0 Å². The third kappa shape index (κ3) is 3.07. The van der Waals surface area contributed by atoms with E-state index in [1.807, 2.05) is 0 Å². The minimum absolute atomic E-state index is 0.0437. The van der Waals surface area contributed by atoms with Crippen LogP contribution >= 0.6 is 0 Å². The number of carbonyl (C=O) groups is 2. The highest BCUT2D eigenvalue weighted by Gasteiger charge is 2.54. The number of hydrogen-bond donors (Lipinski definition) is 2. The first-order valence-corrected chi connectivity index (χ1v) is 8.06. The molecule has 1 heterocycles. The molecule has 1 unspecified atom stereocenters. The van der Waals surface area contributed by atoms with E-state index < -0.39 is 5.41 Å². The molecule has 22 heavy (non-hydrogen) atoms. The number of methoxy groups -OCH3 is 1. The summed E-state index contributed by atoms with van der Waals surface area (Å²) in [6, 6.07) is -0.124. The van der Waals surface area contributed by atoms with Crippen LogP contribution in [0.2, 0.25) is 0 Å². The predicted molar refractivity (Wildman–Crippen MR) is 84.2 cm³/mol. The zero-order valence-corrected chi connectivity index (χ0v) is 14.1. The van der Waals surface area contributed by atoms with E-state index >= 15 is 0 Å². The second-order valence-corrected chi connectivity index (χ2v) is 7.77. The van der Waals surface area contributed by atoms with Crippen LogP contribution in [0, 0.1) is 16.7 Å². The molecule has 1 saturated carbocycles. The van der Waals surface area contributed by atoms with Crippen molar-refractivity contribution in [1.29, 1.82) is 0 Å². The number of nitrogens with two attached hydrogens (primary N) is 1. The maximum absolute atomic E-state index is 12.4. The molecule has 1 aliphatic carbocycles. The number of amides is 3. The molecular weight excluding hydrogens is 282 g/mol. The van der Waals surface area contributed by atoms with Gasteiger partial charge >= 0.3 is 6.03 Å². The molecule has 6 nitrogen and oxygen atoms in total. The van der Waals surface area contributed by atoms with Gasteiger partial charge in [0.1, 0.15) is 0 Å². The number of fused-ring (bicyclic) bond motifs is 1. The van der Waals surface area contributed by atoms with Crippen molar-refractivity contribution in [2.24, 2.45) is 22.5 Å². The lowest BCUT2D eigenvalue weighted by atomic mass is 9.80. The Morgan fingerprint density at radius 2 is 2.14 bits per heavy atom. The predicted octanol–water partition coefficient (Wildman–Crippen LogP) is 1.34. The van der Waals surface area contributed by atoms with Gasteiger partial charge in [0, 0.05) is 26.7 Å². The highest BCUT2D eigenvalue weighted by atomic mass is 16.5. The molecule has 0 aromatic carbocycles. The minimum Gasteiger partial charge on any atom is -0.379 e. The van der Waals surface area contributed by atoms with Crippen molar-refractivity contribution in [3.8, 4) is 0 Å². The van der Waals surface area contributed by atoms with Gasteiger partial charge in [-0.15, -0.1) is 0 Å². The molecule has 3 atom stereocenters. The zero-order chi connectivity index (χ0) is 16.5. The highest BCUT2D eigenvalue weighted by molar-refractivity contribution is 5.84. The molecule has 0 bridgehead atoms. The Morgan fingerprint density at radius 3 is 2.64 bits per heavy atom. The van der Waals surface area contributed by atoms with Gasteiger partial charge in [-0.3, -0.25) is 4.79 Å². The first-order chi connectivity index (χ1) is 10.2. The maximum atomic E-state index is 12.4. The molecular formula is C16H29N3O3. The lowest BCUT2D eigenvalue weighted by molar-refractivity contribution is -0.128. The normalized spacial score (nSPS) is 29.3. The fraction of sp³-hybridized carbons (Fsp3) is 0.875. The van der Waals surface area contributed by atoms with E-state index in [2.05, 4.69) is 26.1 Å². The Morgan fingerprint density at radius 1 is 1.45 bits per heavy atom. The quantitative estimate of drug-likeness (QED) is 0.822. The summed E-state index contributed by atoms with van der Waals surface area (Å²) < 4.78 is 5.45. The van der Waals surface area contributed by atoms with E-state index in [9.17, 15) is 9.59 Å². The van der Waals surface area contributed by atoms with Crippen molar-refractivity contribution < 1.29 is 14.3 Å². The molecule has 3 amide bonds. The van der Waals surface area contributed by atoms with Crippen molar-refractivity contribution in [1.82, 2.24) is 10.2 Å². The van der Waals surface area contributed by atoms with Crippen LogP contribution in [-0.2, 0) is 9.53 Å². The first-order valence-electron chi connectivity index (χ1n) is 8.06. The van der Waals surface area contributed by atoms with E-state index in [0.29, 0.717) is 19.6 Å². The van der Waals surface area contributed by atoms with Crippen LogP contribution in [0.15, 0.2) is 0 Å². The first kappa shape index (κ1) is 17.1. The molecule has 0 radical (unpaired) electrons. The summed E-state index contributed by atoms with van der Waals surface area (Å²) in [7, 11) is 1.66. The van der Waals surface area contributed by atoms with Crippen LogP contribution in [0.3, 0.4) is 0 Å². The average Bonchev–Trinajstić information content (AvgIpc) is 2.94. The number of likely N-dealkylation sites (tertiary alicyclic amines) is 1. The van der Waals surface area contributed by atoms with E-state index in [-0.39, 0.29) is 29.4 Å². The van der Waals surface area contributed by atoms with E-state index in [1.165, 1.54) is 0 Å². The topological polar surface area (TPSA) is 84.7 Å². The van der Waals surface area contributed by atoms with Crippen LogP contribution in [-0.4, -0.2) is 49.7 Å². The van der Waals surface area contributed by atoms with Gasteiger partial charge in [-0.2, -0.15) is 0 Å².